The zero-order valence-electron chi connectivity index (χ0n) is 12.6. The van der Waals surface area contributed by atoms with E-state index in [2.05, 4.69) is 29.4 Å². The van der Waals surface area contributed by atoms with Crippen LogP contribution in [-0.4, -0.2) is 23.2 Å². The lowest BCUT2D eigenvalue weighted by Gasteiger charge is -2.07. The van der Waals surface area contributed by atoms with Gasteiger partial charge in [-0.1, -0.05) is 31.3 Å². The summed E-state index contributed by atoms with van der Waals surface area (Å²) in [5.41, 5.74) is 1.53. The Morgan fingerprint density at radius 2 is 2.14 bits per heavy atom. The highest BCUT2D eigenvalue weighted by molar-refractivity contribution is 7.15. The predicted octanol–water partition coefficient (Wildman–Crippen LogP) is 3.31. The van der Waals surface area contributed by atoms with Gasteiger partial charge in [-0.25, -0.2) is 0 Å². The number of anilines is 1. The zero-order chi connectivity index (χ0) is 15.4. The van der Waals surface area contributed by atoms with Crippen molar-refractivity contribution in [1.29, 1.82) is 0 Å². The number of rotatable bonds is 5. The van der Waals surface area contributed by atoms with Crippen molar-refractivity contribution in [2.75, 3.05) is 12.4 Å². The third-order valence-electron chi connectivity index (χ3n) is 2.94. The molecule has 0 radical (unpaired) electrons. The molecule has 2 aromatic rings. The molecule has 112 valence electrons. The van der Waals surface area contributed by atoms with E-state index >= 15 is 0 Å². The van der Waals surface area contributed by atoms with Crippen LogP contribution in [0.1, 0.15) is 34.8 Å². The maximum Gasteiger partial charge on any atom is 0.257 e. The van der Waals surface area contributed by atoms with Gasteiger partial charge in [0.25, 0.3) is 5.91 Å². The Morgan fingerprint density at radius 1 is 1.38 bits per heavy atom. The van der Waals surface area contributed by atoms with Gasteiger partial charge in [-0.05, 0) is 30.5 Å². The van der Waals surface area contributed by atoms with Gasteiger partial charge >= 0.3 is 0 Å². The number of benzene rings is 1. The lowest BCUT2D eigenvalue weighted by Crippen LogP contribution is -2.12. The van der Waals surface area contributed by atoms with E-state index in [1.165, 1.54) is 11.3 Å². The van der Waals surface area contributed by atoms with Crippen molar-refractivity contribution < 1.29 is 9.53 Å². The Kier molecular flexibility index (Phi) is 4.90. The van der Waals surface area contributed by atoms with Crippen LogP contribution < -0.4 is 10.1 Å². The van der Waals surface area contributed by atoms with Crippen LogP contribution in [0.3, 0.4) is 0 Å². The minimum atomic E-state index is -0.208. The second-order valence-electron chi connectivity index (χ2n) is 5.24. The highest BCUT2D eigenvalue weighted by Crippen LogP contribution is 2.22. The molecule has 0 spiro atoms. The number of nitrogens with one attached hydrogen (secondary N) is 1. The van der Waals surface area contributed by atoms with Crippen LogP contribution in [-0.2, 0) is 6.42 Å². The average molecular weight is 305 g/mol. The Bertz CT molecular complexity index is 638. The number of carbonyl (C=O) groups is 1. The first-order chi connectivity index (χ1) is 9.99. The topological polar surface area (TPSA) is 64.1 Å². The monoisotopic (exact) mass is 305 g/mol. The fourth-order valence-electron chi connectivity index (χ4n) is 1.87. The zero-order valence-corrected chi connectivity index (χ0v) is 13.5. The lowest BCUT2D eigenvalue weighted by molar-refractivity contribution is 0.102. The molecular formula is C15H19N3O2S. The van der Waals surface area contributed by atoms with Gasteiger partial charge in [0.1, 0.15) is 10.8 Å². The molecule has 5 nitrogen and oxygen atoms in total. The summed E-state index contributed by atoms with van der Waals surface area (Å²) in [7, 11) is 1.59. The van der Waals surface area contributed by atoms with E-state index in [1.54, 1.807) is 19.2 Å². The van der Waals surface area contributed by atoms with Crippen LogP contribution in [0.15, 0.2) is 18.2 Å². The molecule has 0 bridgehead atoms. The van der Waals surface area contributed by atoms with Crippen LogP contribution in [0.5, 0.6) is 5.75 Å². The van der Waals surface area contributed by atoms with Gasteiger partial charge in [0.05, 0.1) is 7.11 Å². The van der Waals surface area contributed by atoms with Crippen molar-refractivity contribution in [3.05, 3.63) is 34.3 Å². The summed E-state index contributed by atoms with van der Waals surface area (Å²) < 4.78 is 5.23. The highest BCUT2D eigenvalue weighted by Gasteiger charge is 2.12. The van der Waals surface area contributed by atoms with Gasteiger partial charge in [0.2, 0.25) is 5.13 Å². The number of aryl methyl sites for hydroxylation is 1. The van der Waals surface area contributed by atoms with E-state index in [0.29, 0.717) is 22.4 Å². The molecule has 1 amide bonds. The SMILES string of the molecule is COc1cc(C(=O)Nc2nnc(CC(C)C)s2)ccc1C. The molecule has 1 heterocycles. The number of aromatic nitrogens is 2. The molecule has 0 aliphatic carbocycles. The summed E-state index contributed by atoms with van der Waals surface area (Å²) in [5.74, 6) is 1.00. The van der Waals surface area contributed by atoms with E-state index < -0.39 is 0 Å². The summed E-state index contributed by atoms with van der Waals surface area (Å²) in [5, 5.41) is 12.3. The molecule has 0 saturated carbocycles. The Labute approximate surface area is 128 Å². The summed E-state index contributed by atoms with van der Waals surface area (Å²) in [6.07, 6.45) is 0.867. The van der Waals surface area contributed by atoms with Crippen LogP contribution in [0.25, 0.3) is 0 Å². The second kappa shape index (κ2) is 6.67. The standard InChI is InChI=1S/C15H19N3O2S/c1-9(2)7-13-17-18-15(21-13)16-14(19)11-6-5-10(3)12(8-11)20-4/h5-6,8-9H,7H2,1-4H3,(H,16,18,19). The Morgan fingerprint density at radius 3 is 2.81 bits per heavy atom. The van der Waals surface area contributed by atoms with Gasteiger partial charge in [0.15, 0.2) is 0 Å². The van der Waals surface area contributed by atoms with Crippen molar-refractivity contribution in [3.63, 3.8) is 0 Å². The van der Waals surface area contributed by atoms with Crippen molar-refractivity contribution in [3.8, 4) is 5.75 Å². The first-order valence-corrected chi connectivity index (χ1v) is 7.59. The maximum atomic E-state index is 12.2. The van der Waals surface area contributed by atoms with Crippen LogP contribution in [0.4, 0.5) is 5.13 Å². The van der Waals surface area contributed by atoms with Crippen LogP contribution in [0.2, 0.25) is 0 Å². The summed E-state index contributed by atoms with van der Waals surface area (Å²) in [4.78, 5) is 12.2. The van der Waals surface area contributed by atoms with Gasteiger partial charge < -0.3 is 4.74 Å². The molecular weight excluding hydrogens is 286 g/mol. The molecule has 0 unspecified atom stereocenters. The van der Waals surface area contributed by atoms with Gasteiger partial charge in [-0.15, -0.1) is 10.2 Å². The van der Waals surface area contributed by atoms with E-state index in [9.17, 15) is 4.79 Å². The Hall–Kier alpha value is -1.95. The molecule has 1 N–H and O–H groups in total. The van der Waals surface area contributed by atoms with E-state index in [4.69, 9.17) is 4.74 Å². The minimum absolute atomic E-state index is 0.208. The van der Waals surface area contributed by atoms with Crippen molar-refractivity contribution >= 4 is 22.4 Å². The fraction of sp³-hybridized carbons (Fsp3) is 0.400. The molecule has 0 fully saturated rings. The smallest absolute Gasteiger partial charge is 0.257 e. The molecule has 21 heavy (non-hydrogen) atoms. The van der Waals surface area contributed by atoms with Crippen molar-refractivity contribution in [2.45, 2.75) is 27.2 Å². The third-order valence-corrected chi connectivity index (χ3v) is 3.80. The second-order valence-corrected chi connectivity index (χ2v) is 6.30. The molecule has 0 aliphatic heterocycles. The quantitative estimate of drug-likeness (QED) is 0.920. The first-order valence-electron chi connectivity index (χ1n) is 6.78. The molecule has 0 saturated heterocycles. The Balaban J connectivity index is 2.09. The van der Waals surface area contributed by atoms with E-state index in [-0.39, 0.29) is 5.91 Å². The van der Waals surface area contributed by atoms with E-state index in [0.717, 1.165) is 17.0 Å². The molecule has 0 aliphatic rings. The third kappa shape index (κ3) is 4.01. The first kappa shape index (κ1) is 15.4. The highest BCUT2D eigenvalue weighted by atomic mass is 32.1. The summed E-state index contributed by atoms with van der Waals surface area (Å²) >= 11 is 1.41. The molecule has 0 atom stereocenters. The minimum Gasteiger partial charge on any atom is -0.496 e. The maximum absolute atomic E-state index is 12.2. The van der Waals surface area contributed by atoms with Gasteiger partial charge in [0, 0.05) is 12.0 Å². The molecule has 1 aromatic carbocycles. The molecule has 1 aromatic heterocycles. The summed E-state index contributed by atoms with van der Waals surface area (Å²) in [6.45, 7) is 6.18. The number of carbonyl (C=O) groups excluding carboxylic acids is 1. The average Bonchev–Trinajstić information content (AvgIpc) is 2.85. The summed E-state index contributed by atoms with van der Waals surface area (Å²) in [6, 6.07) is 5.35. The fourth-order valence-corrected chi connectivity index (χ4v) is 2.81. The largest absolute Gasteiger partial charge is 0.496 e. The van der Waals surface area contributed by atoms with Gasteiger partial charge in [-0.2, -0.15) is 0 Å². The van der Waals surface area contributed by atoms with Crippen molar-refractivity contribution in [1.82, 2.24) is 10.2 Å². The number of ether oxygens (including phenoxy) is 1. The van der Waals surface area contributed by atoms with E-state index in [1.807, 2.05) is 13.0 Å². The number of nitrogens with zero attached hydrogens (tertiary/aromatic N) is 2. The van der Waals surface area contributed by atoms with Gasteiger partial charge in [-0.3, -0.25) is 10.1 Å². The number of hydrogen-bond donors (Lipinski definition) is 1. The number of amides is 1. The normalized spacial score (nSPS) is 10.7. The van der Waals surface area contributed by atoms with Crippen LogP contribution >= 0.6 is 11.3 Å². The molecule has 6 heteroatoms. The van der Waals surface area contributed by atoms with Crippen molar-refractivity contribution in [2.24, 2.45) is 5.92 Å². The number of hydrogen-bond acceptors (Lipinski definition) is 5. The van der Waals surface area contributed by atoms with Crippen LogP contribution in [0, 0.1) is 12.8 Å². The number of methoxy groups -OCH3 is 1. The predicted molar refractivity (Wildman–Crippen MR) is 84.1 cm³/mol. The lowest BCUT2D eigenvalue weighted by atomic mass is 10.1. The molecule has 2 rings (SSSR count).